The Hall–Kier alpha value is -1.97. The van der Waals surface area contributed by atoms with Crippen molar-refractivity contribution in [3.8, 4) is 5.75 Å². The molecule has 1 aromatic heterocycles. The maximum absolute atomic E-state index is 5.33. The number of aryl methyl sites for hydroxylation is 1. The fourth-order valence-corrected chi connectivity index (χ4v) is 1.87. The Labute approximate surface area is 108 Å². The van der Waals surface area contributed by atoms with E-state index in [4.69, 9.17) is 4.74 Å². The average molecular weight is 245 g/mol. The number of methoxy groups -OCH3 is 1. The van der Waals surface area contributed by atoms with E-state index in [1.807, 2.05) is 37.4 Å². The van der Waals surface area contributed by atoms with Crippen LogP contribution >= 0.6 is 0 Å². The maximum atomic E-state index is 5.33. The summed E-state index contributed by atoms with van der Waals surface area (Å²) < 4.78 is 7.44. The van der Waals surface area contributed by atoms with Crippen molar-refractivity contribution in [2.75, 3.05) is 12.4 Å². The lowest BCUT2D eigenvalue weighted by Gasteiger charge is -2.14. The van der Waals surface area contributed by atoms with Gasteiger partial charge in [-0.3, -0.25) is 0 Å². The number of benzene rings is 1. The molecule has 18 heavy (non-hydrogen) atoms. The molecule has 0 saturated heterocycles. The van der Waals surface area contributed by atoms with Crippen LogP contribution < -0.4 is 10.1 Å². The van der Waals surface area contributed by atoms with E-state index < -0.39 is 0 Å². The molecule has 1 aromatic carbocycles. The summed E-state index contributed by atoms with van der Waals surface area (Å²) >= 11 is 0. The van der Waals surface area contributed by atoms with E-state index >= 15 is 0 Å². The minimum absolute atomic E-state index is 0.364. The zero-order valence-corrected chi connectivity index (χ0v) is 11.3. The van der Waals surface area contributed by atoms with Crippen molar-refractivity contribution in [3.63, 3.8) is 0 Å². The van der Waals surface area contributed by atoms with Gasteiger partial charge in [-0.1, -0.05) is 12.1 Å². The molecular weight excluding hydrogens is 226 g/mol. The molecule has 1 N–H and O–H groups in total. The zero-order chi connectivity index (χ0) is 13.1. The van der Waals surface area contributed by atoms with E-state index in [0.29, 0.717) is 6.04 Å². The van der Waals surface area contributed by atoms with Crippen LogP contribution in [0, 0.1) is 6.92 Å². The summed E-state index contributed by atoms with van der Waals surface area (Å²) in [5.74, 6) is 1.65. The van der Waals surface area contributed by atoms with Crippen LogP contribution in [0.15, 0.2) is 30.5 Å². The second-order valence-electron chi connectivity index (χ2n) is 4.53. The Bertz CT molecular complexity index is 532. The van der Waals surface area contributed by atoms with E-state index in [1.165, 1.54) is 0 Å². The molecular formula is C14H19N3O. The van der Waals surface area contributed by atoms with E-state index in [0.717, 1.165) is 23.1 Å². The van der Waals surface area contributed by atoms with Crippen molar-refractivity contribution in [1.82, 2.24) is 9.55 Å². The van der Waals surface area contributed by atoms with Crippen LogP contribution in [0.3, 0.4) is 0 Å². The summed E-state index contributed by atoms with van der Waals surface area (Å²) in [5, 5.41) is 3.32. The molecule has 0 saturated carbocycles. The van der Waals surface area contributed by atoms with E-state index in [1.54, 1.807) is 7.11 Å². The van der Waals surface area contributed by atoms with Gasteiger partial charge in [0.1, 0.15) is 5.75 Å². The highest BCUT2D eigenvalue weighted by atomic mass is 16.5. The molecule has 0 aliphatic carbocycles. The number of para-hydroxylation sites is 2. The predicted molar refractivity (Wildman–Crippen MR) is 73.6 cm³/mol. The molecule has 4 nitrogen and oxygen atoms in total. The van der Waals surface area contributed by atoms with Crippen molar-refractivity contribution in [2.24, 2.45) is 0 Å². The van der Waals surface area contributed by atoms with Crippen LogP contribution in [-0.4, -0.2) is 16.7 Å². The van der Waals surface area contributed by atoms with Crippen molar-refractivity contribution in [3.05, 3.63) is 36.2 Å². The Kier molecular flexibility index (Phi) is 3.55. The van der Waals surface area contributed by atoms with Crippen LogP contribution in [0.25, 0.3) is 0 Å². The number of nitrogens with one attached hydrogen (secondary N) is 1. The van der Waals surface area contributed by atoms with E-state index in [-0.39, 0.29) is 0 Å². The van der Waals surface area contributed by atoms with Crippen molar-refractivity contribution in [2.45, 2.75) is 26.8 Å². The third-order valence-corrected chi connectivity index (χ3v) is 2.76. The van der Waals surface area contributed by atoms with Crippen LogP contribution in [0.2, 0.25) is 0 Å². The summed E-state index contributed by atoms with van der Waals surface area (Å²) in [7, 11) is 1.67. The Morgan fingerprint density at radius 2 is 2.00 bits per heavy atom. The first-order valence-electron chi connectivity index (χ1n) is 6.07. The van der Waals surface area contributed by atoms with Gasteiger partial charge in [-0.15, -0.1) is 0 Å². The molecule has 0 amide bonds. The van der Waals surface area contributed by atoms with Crippen LogP contribution in [0.1, 0.15) is 25.6 Å². The lowest BCUT2D eigenvalue weighted by Crippen LogP contribution is -2.05. The summed E-state index contributed by atoms with van der Waals surface area (Å²) in [4.78, 5) is 4.50. The van der Waals surface area contributed by atoms with Gasteiger partial charge >= 0.3 is 0 Å². The van der Waals surface area contributed by atoms with Gasteiger partial charge in [-0.2, -0.15) is 0 Å². The Balaban J connectivity index is 2.33. The lowest BCUT2D eigenvalue weighted by atomic mass is 10.3. The monoisotopic (exact) mass is 245 g/mol. The highest BCUT2D eigenvalue weighted by Gasteiger charge is 2.10. The quantitative estimate of drug-likeness (QED) is 0.895. The van der Waals surface area contributed by atoms with Crippen molar-refractivity contribution >= 4 is 11.6 Å². The second-order valence-corrected chi connectivity index (χ2v) is 4.53. The topological polar surface area (TPSA) is 39.1 Å². The molecule has 0 aliphatic rings. The molecule has 0 spiro atoms. The Morgan fingerprint density at radius 3 is 2.67 bits per heavy atom. The van der Waals surface area contributed by atoms with Crippen LogP contribution in [-0.2, 0) is 0 Å². The molecule has 1 heterocycles. The van der Waals surface area contributed by atoms with Gasteiger partial charge in [0.25, 0.3) is 0 Å². The molecule has 2 rings (SSSR count). The van der Waals surface area contributed by atoms with Crippen LogP contribution in [0.5, 0.6) is 5.75 Å². The summed E-state index contributed by atoms with van der Waals surface area (Å²) in [6, 6.07) is 8.19. The van der Waals surface area contributed by atoms with Gasteiger partial charge in [0, 0.05) is 12.2 Å². The van der Waals surface area contributed by atoms with Gasteiger partial charge < -0.3 is 14.6 Å². The lowest BCUT2D eigenvalue weighted by molar-refractivity contribution is 0.416. The first-order valence-corrected chi connectivity index (χ1v) is 6.07. The Morgan fingerprint density at radius 1 is 1.28 bits per heavy atom. The number of hydrogen-bond acceptors (Lipinski definition) is 3. The normalized spacial score (nSPS) is 10.7. The number of nitrogens with zero attached hydrogens (tertiary/aromatic N) is 2. The van der Waals surface area contributed by atoms with Gasteiger partial charge in [0.05, 0.1) is 18.5 Å². The van der Waals surface area contributed by atoms with Crippen molar-refractivity contribution in [1.29, 1.82) is 0 Å². The van der Waals surface area contributed by atoms with Gasteiger partial charge in [0.2, 0.25) is 5.95 Å². The first kappa shape index (κ1) is 12.5. The minimum atomic E-state index is 0.364. The SMILES string of the molecule is COc1ccccc1Nc1nc(C)cn1C(C)C. The average Bonchev–Trinajstić information content (AvgIpc) is 2.71. The fourth-order valence-electron chi connectivity index (χ4n) is 1.87. The van der Waals surface area contributed by atoms with Crippen LogP contribution in [0.4, 0.5) is 11.6 Å². The number of hydrogen-bond donors (Lipinski definition) is 1. The highest BCUT2D eigenvalue weighted by molar-refractivity contribution is 5.62. The number of ether oxygens (including phenoxy) is 1. The zero-order valence-electron chi connectivity index (χ0n) is 11.3. The molecule has 0 bridgehead atoms. The standard InChI is InChI=1S/C14H19N3O/c1-10(2)17-9-11(3)15-14(17)16-12-7-5-6-8-13(12)18-4/h5-10H,1-4H3,(H,15,16). The summed E-state index contributed by atoms with van der Waals surface area (Å²) in [5.41, 5.74) is 1.92. The van der Waals surface area contributed by atoms with Crippen molar-refractivity contribution < 1.29 is 4.74 Å². The number of imidazole rings is 1. The first-order chi connectivity index (χ1) is 8.61. The molecule has 0 fully saturated rings. The second kappa shape index (κ2) is 5.12. The van der Waals surface area contributed by atoms with Gasteiger partial charge in [-0.25, -0.2) is 4.98 Å². The number of anilines is 2. The minimum Gasteiger partial charge on any atom is -0.495 e. The fraction of sp³-hybridized carbons (Fsp3) is 0.357. The number of aromatic nitrogens is 2. The molecule has 0 aliphatic heterocycles. The molecule has 96 valence electrons. The van der Waals surface area contributed by atoms with Gasteiger partial charge in [0.15, 0.2) is 0 Å². The largest absolute Gasteiger partial charge is 0.495 e. The summed E-state index contributed by atoms with van der Waals surface area (Å²) in [6.07, 6.45) is 2.04. The smallest absolute Gasteiger partial charge is 0.207 e. The van der Waals surface area contributed by atoms with Gasteiger partial charge in [-0.05, 0) is 32.9 Å². The number of rotatable bonds is 4. The third-order valence-electron chi connectivity index (χ3n) is 2.76. The third kappa shape index (κ3) is 2.47. The molecule has 0 radical (unpaired) electrons. The predicted octanol–water partition coefficient (Wildman–Crippen LogP) is 3.52. The van der Waals surface area contributed by atoms with E-state index in [9.17, 15) is 0 Å². The highest BCUT2D eigenvalue weighted by Crippen LogP contribution is 2.27. The molecule has 2 aromatic rings. The van der Waals surface area contributed by atoms with E-state index in [2.05, 4.69) is 28.7 Å². The summed E-state index contributed by atoms with van der Waals surface area (Å²) in [6.45, 7) is 6.26. The maximum Gasteiger partial charge on any atom is 0.207 e. The molecule has 0 atom stereocenters. The molecule has 0 unspecified atom stereocenters. The molecule has 4 heteroatoms.